The van der Waals surface area contributed by atoms with E-state index in [1.54, 1.807) is 17.1 Å². The molecule has 4 bridgehead atoms. The molecule has 130 valence electrons. The summed E-state index contributed by atoms with van der Waals surface area (Å²) in [5, 5.41) is 10.6. The second-order valence-corrected chi connectivity index (χ2v) is 8.10. The van der Waals surface area contributed by atoms with Gasteiger partial charge in [-0.25, -0.2) is 14.5 Å². The lowest BCUT2D eigenvalue weighted by molar-refractivity contribution is -0.0127. The summed E-state index contributed by atoms with van der Waals surface area (Å²) >= 11 is 0. The average Bonchev–Trinajstić information content (AvgIpc) is 3.07. The summed E-state index contributed by atoms with van der Waals surface area (Å²) in [5.74, 6) is 3.06. The molecule has 0 saturated heterocycles. The lowest BCUT2D eigenvalue weighted by Gasteiger charge is -2.56. The first kappa shape index (κ1) is 14.9. The van der Waals surface area contributed by atoms with Crippen LogP contribution in [0, 0.1) is 17.8 Å². The van der Waals surface area contributed by atoms with Crippen molar-refractivity contribution >= 4 is 11.7 Å². The van der Waals surface area contributed by atoms with E-state index in [1.165, 1.54) is 19.3 Å². The molecule has 2 heterocycles. The molecule has 4 aliphatic rings. The Kier molecular flexibility index (Phi) is 3.33. The number of carbonyl (C=O) groups is 1. The van der Waals surface area contributed by atoms with Crippen molar-refractivity contribution in [2.45, 2.75) is 44.1 Å². The number of hydrogen-bond donors (Lipinski definition) is 2. The molecule has 25 heavy (non-hydrogen) atoms. The first-order valence-corrected chi connectivity index (χ1v) is 9.23. The Morgan fingerprint density at radius 3 is 2.44 bits per heavy atom. The molecule has 0 atom stereocenters. The van der Waals surface area contributed by atoms with Crippen molar-refractivity contribution in [3.8, 4) is 5.82 Å². The third kappa shape index (κ3) is 2.69. The molecule has 4 saturated carbocycles. The maximum atomic E-state index is 12.7. The largest absolute Gasteiger partial charge is 0.332 e. The van der Waals surface area contributed by atoms with Crippen molar-refractivity contribution in [3.63, 3.8) is 0 Å². The van der Waals surface area contributed by atoms with Crippen LogP contribution in [0.2, 0.25) is 0 Å². The fourth-order valence-corrected chi connectivity index (χ4v) is 5.73. The molecule has 6 rings (SSSR count). The second-order valence-electron chi connectivity index (χ2n) is 8.10. The average molecular weight is 337 g/mol. The molecule has 0 radical (unpaired) electrons. The Hall–Kier alpha value is -2.37. The van der Waals surface area contributed by atoms with E-state index in [9.17, 15) is 4.79 Å². The van der Waals surface area contributed by atoms with Gasteiger partial charge in [0, 0.05) is 24.1 Å². The second kappa shape index (κ2) is 5.58. The number of anilines is 1. The van der Waals surface area contributed by atoms with Crippen LogP contribution in [-0.2, 0) is 0 Å². The van der Waals surface area contributed by atoms with Crippen molar-refractivity contribution in [2.24, 2.45) is 17.8 Å². The zero-order valence-corrected chi connectivity index (χ0v) is 14.2. The van der Waals surface area contributed by atoms with E-state index in [4.69, 9.17) is 0 Å². The van der Waals surface area contributed by atoms with E-state index in [0.717, 1.165) is 37.0 Å². The highest BCUT2D eigenvalue weighted by Gasteiger charge is 2.51. The summed E-state index contributed by atoms with van der Waals surface area (Å²) in [5.41, 5.74) is 0.681. The predicted molar refractivity (Wildman–Crippen MR) is 94.4 cm³/mol. The molecule has 2 aromatic heterocycles. The van der Waals surface area contributed by atoms with Gasteiger partial charge in [0.2, 0.25) is 0 Å². The maximum Gasteiger partial charge on any atom is 0.319 e. The number of pyridine rings is 1. The Morgan fingerprint density at radius 2 is 1.80 bits per heavy atom. The van der Waals surface area contributed by atoms with Gasteiger partial charge in [-0.1, -0.05) is 0 Å². The van der Waals surface area contributed by atoms with Gasteiger partial charge < -0.3 is 10.6 Å². The Balaban J connectivity index is 1.34. The van der Waals surface area contributed by atoms with Gasteiger partial charge in [-0.2, -0.15) is 5.10 Å². The number of carbonyl (C=O) groups excluding carboxylic acids is 1. The highest BCUT2D eigenvalue weighted by atomic mass is 16.2. The lowest BCUT2D eigenvalue weighted by Crippen LogP contribution is -2.60. The van der Waals surface area contributed by atoms with Gasteiger partial charge in [-0.05, 0) is 74.5 Å². The minimum absolute atomic E-state index is 0.00685. The number of amides is 2. The summed E-state index contributed by atoms with van der Waals surface area (Å²) in [6, 6.07) is 5.41. The fourth-order valence-electron chi connectivity index (χ4n) is 5.73. The Labute approximate surface area is 147 Å². The van der Waals surface area contributed by atoms with Crippen LogP contribution in [0.25, 0.3) is 5.82 Å². The molecule has 6 heteroatoms. The minimum Gasteiger partial charge on any atom is -0.332 e. The van der Waals surface area contributed by atoms with Crippen LogP contribution in [0.1, 0.15) is 38.5 Å². The number of hydrogen-bond acceptors (Lipinski definition) is 3. The van der Waals surface area contributed by atoms with Crippen LogP contribution in [0.5, 0.6) is 0 Å². The number of aromatic nitrogens is 3. The van der Waals surface area contributed by atoms with Crippen molar-refractivity contribution in [1.29, 1.82) is 0 Å². The molecule has 0 aliphatic heterocycles. The van der Waals surface area contributed by atoms with Crippen molar-refractivity contribution < 1.29 is 4.79 Å². The molecule has 6 nitrogen and oxygen atoms in total. The van der Waals surface area contributed by atoms with E-state index in [2.05, 4.69) is 20.7 Å². The highest BCUT2D eigenvalue weighted by Crippen LogP contribution is 2.55. The van der Waals surface area contributed by atoms with Gasteiger partial charge in [0.1, 0.15) is 0 Å². The Bertz CT molecular complexity index is 750. The third-order valence-electron chi connectivity index (χ3n) is 6.17. The van der Waals surface area contributed by atoms with E-state index < -0.39 is 0 Å². The molecule has 2 amide bonds. The number of rotatable bonds is 3. The van der Waals surface area contributed by atoms with Crippen LogP contribution in [0.15, 0.2) is 36.8 Å². The zero-order valence-electron chi connectivity index (χ0n) is 14.2. The van der Waals surface area contributed by atoms with Crippen LogP contribution >= 0.6 is 0 Å². The van der Waals surface area contributed by atoms with Crippen LogP contribution in [0.3, 0.4) is 0 Å². The van der Waals surface area contributed by atoms with E-state index in [1.807, 2.05) is 24.4 Å². The van der Waals surface area contributed by atoms with Gasteiger partial charge in [0.15, 0.2) is 5.82 Å². The van der Waals surface area contributed by atoms with E-state index in [0.29, 0.717) is 11.5 Å². The summed E-state index contributed by atoms with van der Waals surface area (Å²) in [6.45, 7) is 0. The zero-order chi connectivity index (χ0) is 16.9. The van der Waals surface area contributed by atoms with Gasteiger partial charge in [-0.3, -0.25) is 0 Å². The number of urea groups is 1. The quantitative estimate of drug-likeness (QED) is 0.902. The van der Waals surface area contributed by atoms with Crippen LogP contribution in [0.4, 0.5) is 10.5 Å². The molecule has 4 aliphatic carbocycles. The first-order valence-electron chi connectivity index (χ1n) is 9.23. The van der Waals surface area contributed by atoms with Gasteiger partial charge in [0.25, 0.3) is 0 Å². The van der Waals surface area contributed by atoms with Crippen LogP contribution in [-0.4, -0.2) is 26.3 Å². The fraction of sp³-hybridized carbons (Fsp3) is 0.526. The van der Waals surface area contributed by atoms with E-state index >= 15 is 0 Å². The molecule has 0 unspecified atom stereocenters. The number of nitrogens with zero attached hydrogens (tertiary/aromatic N) is 3. The molecule has 2 aromatic rings. The normalized spacial score (nSPS) is 32.6. The lowest BCUT2D eigenvalue weighted by atomic mass is 9.53. The predicted octanol–water partition coefficient (Wildman–Crippen LogP) is 3.36. The van der Waals surface area contributed by atoms with Crippen molar-refractivity contribution in [2.75, 3.05) is 5.32 Å². The summed E-state index contributed by atoms with van der Waals surface area (Å²) < 4.78 is 1.67. The molecule has 0 spiro atoms. The number of nitrogens with one attached hydrogen (secondary N) is 2. The van der Waals surface area contributed by atoms with Crippen molar-refractivity contribution in [1.82, 2.24) is 20.1 Å². The Morgan fingerprint density at radius 1 is 1.08 bits per heavy atom. The molecular weight excluding hydrogens is 314 g/mol. The highest BCUT2D eigenvalue weighted by molar-refractivity contribution is 5.91. The molecule has 2 N–H and O–H groups in total. The third-order valence-corrected chi connectivity index (χ3v) is 6.17. The molecule has 4 fully saturated rings. The monoisotopic (exact) mass is 337 g/mol. The van der Waals surface area contributed by atoms with Gasteiger partial charge >= 0.3 is 6.03 Å². The van der Waals surface area contributed by atoms with Crippen LogP contribution < -0.4 is 10.6 Å². The maximum absolute atomic E-state index is 12.7. The first-order chi connectivity index (χ1) is 12.2. The summed E-state index contributed by atoms with van der Waals surface area (Å²) in [7, 11) is 0. The minimum atomic E-state index is -0.122. The SMILES string of the molecule is O=C(Nc1cccnc1-n1cccn1)NC12CC3CC(CC(C3)C1)C2. The topological polar surface area (TPSA) is 71.8 Å². The van der Waals surface area contributed by atoms with Crippen molar-refractivity contribution in [3.05, 3.63) is 36.8 Å². The smallest absolute Gasteiger partial charge is 0.319 e. The summed E-state index contributed by atoms with van der Waals surface area (Å²) in [6.07, 6.45) is 12.8. The summed E-state index contributed by atoms with van der Waals surface area (Å²) in [4.78, 5) is 17.1. The van der Waals surface area contributed by atoms with E-state index in [-0.39, 0.29) is 11.6 Å². The molecular formula is C19H23N5O. The standard InChI is InChI=1S/C19H23N5O/c25-18(22-16-3-1-4-20-17(16)24-6-2-5-21-24)23-19-10-13-7-14(11-19)9-15(8-13)12-19/h1-6,13-15H,7-12H2,(H2,22,23,25). The van der Waals surface area contributed by atoms with Gasteiger partial charge in [-0.15, -0.1) is 0 Å². The molecule has 0 aromatic carbocycles. The van der Waals surface area contributed by atoms with Gasteiger partial charge in [0.05, 0.1) is 5.69 Å².